The Bertz CT molecular complexity index is 654. The lowest BCUT2D eigenvalue weighted by atomic mass is 9.97. The highest BCUT2D eigenvalue weighted by atomic mass is 16.7. The van der Waals surface area contributed by atoms with Gasteiger partial charge < -0.3 is 24.4 Å². The number of rotatable bonds is 5. The Kier molecular flexibility index (Phi) is 6.20. The molecule has 0 radical (unpaired) electrons. The lowest BCUT2D eigenvalue weighted by molar-refractivity contribution is -0.149. The van der Waals surface area contributed by atoms with Crippen LogP contribution in [-0.2, 0) is 16.1 Å². The molecule has 1 fully saturated rings. The van der Waals surface area contributed by atoms with Crippen molar-refractivity contribution in [1.82, 2.24) is 10.2 Å². The van der Waals surface area contributed by atoms with Crippen molar-refractivity contribution in [3.8, 4) is 11.5 Å². The van der Waals surface area contributed by atoms with Crippen molar-refractivity contribution in [3.05, 3.63) is 23.8 Å². The van der Waals surface area contributed by atoms with Crippen molar-refractivity contribution in [1.29, 1.82) is 0 Å². The average molecular weight is 361 g/mol. The molecule has 0 spiro atoms. The molecule has 1 aromatic rings. The van der Waals surface area contributed by atoms with Gasteiger partial charge in [-0.1, -0.05) is 6.07 Å². The standard InChI is InChI=1S/C19H27N3O4/c1-3-20-19(22-9-7-15(8-10-22)18(23)24-4-2)21-12-14-5-6-16-17(11-14)26-13-25-16/h5-6,11,15H,3-4,7-10,12-13H2,1-2H3,(H,20,21). The maximum absolute atomic E-state index is 11.9. The van der Waals surface area contributed by atoms with E-state index in [-0.39, 0.29) is 18.7 Å². The number of guanidine groups is 1. The molecule has 0 bridgehead atoms. The number of piperidine rings is 1. The predicted octanol–water partition coefficient (Wildman–Crippen LogP) is 2.16. The fourth-order valence-corrected chi connectivity index (χ4v) is 3.22. The van der Waals surface area contributed by atoms with Crippen LogP contribution in [0.5, 0.6) is 11.5 Å². The molecule has 0 aliphatic carbocycles. The van der Waals surface area contributed by atoms with Crippen molar-refractivity contribution < 1.29 is 19.0 Å². The molecule has 0 amide bonds. The quantitative estimate of drug-likeness (QED) is 0.492. The minimum Gasteiger partial charge on any atom is -0.466 e. The molecular formula is C19H27N3O4. The van der Waals surface area contributed by atoms with Crippen molar-refractivity contribution in [2.24, 2.45) is 10.9 Å². The van der Waals surface area contributed by atoms with E-state index in [4.69, 9.17) is 19.2 Å². The summed E-state index contributed by atoms with van der Waals surface area (Å²) < 4.78 is 15.9. The molecule has 0 aromatic heterocycles. The van der Waals surface area contributed by atoms with Gasteiger partial charge in [0.05, 0.1) is 19.1 Å². The molecule has 7 heteroatoms. The van der Waals surface area contributed by atoms with E-state index in [1.54, 1.807) is 0 Å². The summed E-state index contributed by atoms with van der Waals surface area (Å²) in [6.45, 7) is 7.60. The van der Waals surface area contributed by atoms with E-state index in [0.717, 1.165) is 55.5 Å². The van der Waals surface area contributed by atoms with Gasteiger partial charge in [0.15, 0.2) is 17.5 Å². The third-order valence-corrected chi connectivity index (χ3v) is 4.60. The van der Waals surface area contributed by atoms with E-state index >= 15 is 0 Å². The van der Waals surface area contributed by atoms with Crippen LogP contribution in [0.4, 0.5) is 0 Å². The first kappa shape index (κ1) is 18.4. The summed E-state index contributed by atoms with van der Waals surface area (Å²) in [5.41, 5.74) is 1.08. The summed E-state index contributed by atoms with van der Waals surface area (Å²) in [6, 6.07) is 5.90. The van der Waals surface area contributed by atoms with E-state index in [0.29, 0.717) is 13.2 Å². The van der Waals surface area contributed by atoms with E-state index in [1.807, 2.05) is 25.1 Å². The van der Waals surface area contributed by atoms with Crippen LogP contribution < -0.4 is 14.8 Å². The molecule has 0 unspecified atom stereocenters. The number of ether oxygens (including phenoxy) is 3. The number of carbonyl (C=O) groups is 1. The fourth-order valence-electron chi connectivity index (χ4n) is 3.22. The minimum absolute atomic E-state index is 0.00272. The molecule has 0 saturated carbocycles. The van der Waals surface area contributed by atoms with Gasteiger partial charge in [-0.3, -0.25) is 4.79 Å². The second-order valence-electron chi connectivity index (χ2n) is 6.37. The Labute approximate surface area is 154 Å². The monoisotopic (exact) mass is 361 g/mol. The van der Waals surface area contributed by atoms with Gasteiger partial charge in [-0.05, 0) is 44.4 Å². The van der Waals surface area contributed by atoms with Gasteiger partial charge >= 0.3 is 5.97 Å². The maximum atomic E-state index is 11.9. The maximum Gasteiger partial charge on any atom is 0.309 e. The number of hydrogen-bond donors (Lipinski definition) is 1. The second kappa shape index (κ2) is 8.78. The number of hydrogen-bond acceptors (Lipinski definition) is 5. The number of likely N-dealkylation sites (tertiary alicyclic amines) is 1. The number of aliphatic imine (C=N–C) groups is 1. The fraction of sp³-hybridized carbons (Fsp3) is 0.579. The van der Waals surface area contributed by atoms with E-state index in [2.05, 4.69) is 17.1 Å². The zero-order valence-corrected chi connectivity index (χ0v) is 15.5. The summed E-state index contributed by atoms with van der Waals surface area (Å²) in [7, 11) is 0. The second-order valence-corrected chi connectivity index (χ2v) is 6.37. The van der Waals surface area contributed by atoms with Crippen LogP contribution in [0.1, 0.15) is 32.3 Å². The van der Waals surface area contributed by atoms with Crippen molar-refractivity contribution >= 4 is 11.9 Å². The number of benzene rings is 1. The molecule has 142 valence electrons. The van der Waals surface area contributed by atoms with Crippen LogP contribution in [0.25, 0.3) is 0 Å². The lowest BCUT2D eigenvalue weighted by Crippen LogP contribution is -2.46. The van der Waals surface area contributed by atoms with E-state index < -0.39 is 0 Å². The molecule has 1 saturated heterocycles. The largest absolute Gasteiger partial charge is 0.466 e. The Morgan fingerprint density at radius 1 is 1.27 bits per heavy atom. The topological polar surface area (TPSA) is 72.4 Å². The highest BCUT2D eigenvalue weighted by Crippen LogP contribution is 2.32. The zero-order chi connectivity index (χ0) is 18.4. The third kappa shape index (κ3) is 4.39. The summed E-state index contributed by atoms with van der Waals surface area (Å²) in [4.78, 5) is 18.9. The van der Waals surface area contributed by atoms with Crippen molar-refractivity contribution in [2.75, 3.05) is 33.0 Å². The van der Waals surface area contributed by atoms with Crippen molar-refractivity contribution in [2.45, 2.75) is 33.2 Å². The molecule has 26 heavy (non-hydrogen) atoms. The lowest BCUT2D eigenvalue weighted by Gasteiger charge is -2.33. The predicted molar refractivity (Wildman–Crippen MR) is 98.3 cm³/mol. The smallest absolute Gasteiger partial charge is 0.309 e. The molecular weight excluding hydrogens is 334 g/mol. The van der Waals surface area contributed by atoms with Crippen LogP contribution in [0.2, 0.25) is 0 Å². The van der Waals surface area contributed by atoms with Gasteiger partial charge in [0.1, 0.15) is 0 Å². The number of nitrogens with zero attached hydrogens (tertiary/aromatic N) is 2. The van der Waals surface area contributed by atoms with Crippen LogP contribution in [-0.4, -0.2) is 49.9 Å². The van der Waals surface area contributed by atoms with Gasteiger partial charge in [-0.2, -0.15) is 0 Å². The van der Waals surface area contributed by atoms with Crippen LogP contribution >= 0.6 is 0 Å². The Morgan fingerprint density at radius 2 is 2.04 bits per heavy atom. The van der Waals surface area contributed by atoms with Crippen molar-refractivity contribution in [3.63, 3.8) is 0 Å². The Balaban J connectivity index is 1.60. The molecule has 2 aliphatic rings. The number of fused-ring (bicyclic) bond motifs is 1. The molecule has 1 N–H and O–H groups in total. The third-order valence-electron chi connectivity index (χ3n) is 4.60. The van der Waals surface area contributed by atoms with E-state index in [9.17, 15) is 4.79 Å². The Hall–Kier alpha value is -2.44. The van der Waals surface area contributed by atoms with Crippen LogP contribution in [0.15, 0.2) is 23.2 Å². The first-order valence-corrected chi connectivity index (χ1v) is 9.29. The SMILES string of the molecule is CCNC(=NCc1ccc2c(c1)OCO2)N1CCC(C(=O)OCC)CC1. The zero-order valence-electron chi connectivity index (χ0n) is 15.5. The van der Waals surface area contributed by atoms with Gasteiger partial charge in [-0.15, -0.1) is 0 Å². The number of esters is 1. The Morgan fingerprint density at radius 3 is 2.77 bits per heavy atom. The average Bonchev–Trinajstić information content (AvgIpc) is 3.13. The van der Waals surface area contributed by atoms with Gasteiger partial charge in [-0.25, -0.2) is 4.99 Å². The number of carbonyl (C=O) groups excluding carboxylic acids is 1. The molecule has 2 aliphatic heterocycles. The van der Waals surface area contributed by atoms with E-state index in [1.165, 1.54) is 0 Å². The van der Waals surface area contributed by atoms with Crippen LogP contribution in [0.3, 0.4) is 0 Å². The molecule has 3 rings (SSSR count). The molecule has 2 heterocycles. The van der Waals surface area contributed by atoms with Crippen LogP contribution in [0, 0.1) is 5.92 Å². The first-order chi connectivity index (χ1) is 12.7. The summed E-state index contributed by atoms with van der Waals surface area (Å²) >= 11 is 0. The van der Waals surface area contributed by atoms with Gasteiger partial charge in [0.25, 0.3) is 0 Å². The highest BCUT2D eigenvalue weighted by molar-refractivity contribution is 5.80. The minimum atomic E-state index is -0.0746. The summed E-state index contributed by atoms with van der Waals surface area (Å²) in [5, 5.41) is 3.35. The number of nitrogens with one attached hydrogen (secondary N) is 1. The first-order valence-electron chi connectivity index (χ1n) is 9.29. The molecule has 1 aromatic carbocycles. The van der Waals surface area contributed by atoms with Gasteiger partial charge in [0.2, 0.25) is 6.79 Å². The summed E-state index contributed by atoms with van der Waals surface area (Å²) in [6.07, 6.45) is 1.60. The highest BCUT2D eigenvalue weighted by Gasteiger charge is 2.27. The van der Waals surface area contributed by atoms with Gasteiger partial charge in [0, 0.05) is 19.6 Å². The summed E-state index contributed by atoms with van der Waals surface area (Å²) in [5.74, 6) is 2.37. The molecule has 0 atom stereocenters. The molecule has 7 nitrogen and oxygen atoms in total. The normalized spacial score (nSPS) is 17.3.